The first-order valence-electron chi connectivity index (χ1n) is 7.43. The summed E-state index contributed by atoms with van der Waals surface area (Å²) in [5.41, 5.74) is 4.55. The van der Waals surface area contributed by atoms with Crippen molar-refractivity contribution in [2.45, 2.75) is 6.42 Å². The molecule has 0 fully saturated rings. The largest absolute Gasteiger partial charge is 0.289 e. The van der Waals surface area contributed by atoms with Gasteiger partial charge in [-0.2, -0.15) is 0 Å². The Bertz CT molecular complexity index is 774. The zero-order chi connectivity index (χ0) is 17.6. The Morgan fingerprint density at radius 2 is 1.62 bits per heavy atom. The van der Waals surface area contributed by atoms with Crippen LogP contribution in [0.15, 0.2) is 54.6 Å². The number of amides is 1. The Morgan fingerprint density at radius 1 is 1.04 bits per heavy atom. The minimum absolute atomic E-state index is 0.256. The summed E-state index contributed by atoms with van der Waals surface area (Å²) < 4.78 is 24.9. The van der Waals surface area contributed by atoms with Crippen LogP contribution in [-0.4, -0.2) is 43.2 Å². The average molecular weight is 348 g/mol. The highest BCUT2D eigenvalue weighted by molar-refractivity contribution is 7.89. The first kappa shape index (κ1) is 18.1. The van der Waals surface area contributed by atoms with Gasteiger partial charge >= 0.3 is 0 Å². The Balaban J connectivity index is 1.96. The molecule has 1 amide bonds. The summed E-state index contributed by atoms with van der Waals surface area (Å²) in [5, 5.41) is 8.43. The molecule has 2 aromatic carbocycles. The molecule has 0 spiro atoms. The van der Waals surface area contributed by atoms with Crippen molar-refractivity contribution in [3.8, 4) is 11.1 Å². The van der Waals surface area contributed by atoms with Crippen molar-refractivity contribution in [3.05, 3.63) is 60.2 Å². The lowest BCUT2D eigenvalue weighted by molar-refractivity contribution is -0.126. The molecule has 0 heterocycles. The van der Waals surface area contributed by atoms with Crippen molar-refractivity contribution in [2.75, 3.05) is 19.3 Å². The van der Waals surface area contributed by atoms with Gasteiger partial charge in [-0.25, -0.2) is 18.2 Å². The zero-order valence-electron chi connectivity index (χ0n) is 13.3. The van der Waals surface area contributed by atoms with Crippen LogP contribution in [0, 0.1) is 0 Å². The summed E-state index contributed by atoms with van der Waals surface area (Å²) in [6.45, 7) is 0.256. The molecule has 2 rings (SSSR count). The first-order chi connectivity index (χ1) is 11.4. The van der Waals surface area contributed by atoms with Crippen LogP contribution in [-0.2, 0) is 21.2 Å². The van der Waals surface area contributed by atoms with E-state index < -0.39 is 21.7 Å². The smallest absolute Gasteiger partial charge is 0.259 e. The number of carbonyl (C=O) groups excluding carboxylic acids is 1. The van der Waals surface area contributed by atoms with E-state index in [2.05, 4.69) is 0 Å². The van der Waals surface area contributed by atoms with Crippen molar-refractivity contribution in [1.82, 2.24) is 9.79 Å². The van der Waals surface area contributed by atoms with Crippen molar-refractivity contribution in [2.24, 2.45) is 0 Å². The number of hydrogen-bond acceptors (Lipinski definition) is 4. The Morgan fingerprint density at radius 3 is 2.21 bits per heavy atom. The number of nitrogens with zero attached hydrogens (tertiary/aromatic N) is 1. The van der Waals surface area contributed by atoms with Crippen molar-refractivity contribution >= 4 is 15.9 Å². The van der Waals surface area contributed by atoms with Gasteiger partial charge in [0.1, 0.15) is 5.75 Å². The second kappa shape index (κ2) is 8.05. The van der Waals surface area contributed by atoms with Gasteiger partial charge in [0.2, 0.25) is 10.0 Å². The molecule has 0 saturated heterocycles. The van der Waals surface area contributed by atoms with E-state index in [1.54, 1.807) is 0 Å². The number of nitrogens with one attached hydrogen (secondary N) is 1. The van der Waals surface area contributed by atoms with Crippen LogP contribution >= 0.6 is 0 Å². The highest BCUT2D eigenvalue weighted by atomic mass is 32.2. The molecule has 0 bridgehead atoms. The van der Waals surface area contributed by atoms with Gasteiger partial charge < -0.3 is 0 Å². The van der Waals surface area contributed by atoms with Crippen LogP contribution < -0.4 is 5.48 Å². The molecule has 0 aliphatic heterocycles. The maximum atomic E-state index is 11.9. The molecule has 128 valence electrons. The quantitative estimate of drug-likeness (QED) is 0.588. The second-order valence-electron chi connectivity index (χ2n) is 5.43. The summed E-state index contributed by atoms with van der Waals surface area (Å²) in [7, 11) is -2.32. The lowest BCUT2D eigenvalue weighted by Gasteiger charge is -2.16. The molecule has 0 saturated carbocycles. The van der Waals surface area contributed by atoms with Crippen LogP contribution in [0.5, 0.6) is 0 Å². The van der Waals surface area contributed by atoms with Gasteiger partial charge in [0.05, 0.1) is 0 Å². The highest BCUT2D eigenvalue weighted by Gasteiger charge is 2.21. The maximum absolute atomic E-state index is 11.9. The SMILES string of the molecule is CN(CCc1ccc(-c2ccccc2)cc1)S(=O)(=O)CC(=O)NO. The predicted molar refractivity (Wildman–Crippen MR) is 91.9 cm³/mol. The number of benzene rings is 2. The Kier molecular flexibility index (Phi) is 6.08. The summed E-state index contributed by atoms with van der Waals surface area (Å²) in [6.07, 6.45) is 0.533. The van der Waals surface area contributed by atoms with Gasteiger partial charge in [0, 0.05) is 13.6 Å². The molecule has 2 N–H and O–H groups in total. The van der Waals surface area contributed by atoms with Crippen molar-refractivity contribution < 1.29 is 18.4 Å². The summed E-state index contributed by atoms with van der Waals surface area (Å²) in [6, 6.07) is 17.9. The number of rotatable bonds is 7. The molecular formula is C17H20N2O4S. The monoisotopic (exact) mass is 348 g/mol. The van der Waals surface area contributed by atoms with E-state index in [1.807, 2.05) is 54.6 Å². The van der Waals surface area contributed by atoms with E-state index in [9.17, 15) is 13.2 Å². The number of sulfonamides is 1. The van der Waals surface area contributed by atoms with E-state index in [-0.39, 0.29) is 6.54 Å². The zero-order valence-corrected chi connectivity index (χ0v) is 14.2. The number of likely N-dealkylation sites (N-methyl/N-ethyl adjacent to an activating group) is 1. The Labute approximate surface area is 141 Å². The molecule has 0 unspecified atom stereocenters. The molecule has 0 aliphatic carbocycles. The van der Waals surface area contributed by atoms with Crippen LogP contribution in [0.25, 0.3) is 11.1 Å². The molecule has 0 atom stereocenters. The average Bonchev–Trinajstić information content (AvgIpc) is 2.60. The molecule has 6 nitrogen and oxygen atoms in total. The molecule has 24 heavy (non-hydrogen) atoms. The summed E-state index contributed by atoms with van der Waals surface area (Å²) >= 11 is 0. The lowest BCUT2D eigenvalue weighted by atomic mass is 10.0. The van der Waals surface area contributed by atoms with Gasteiger partial charge in [0.15, 0.2) is 0 Å². The van der Waals surface area contributed by atoms with E-state index in [0.717, 1.165) is 21.0 Å². The molecule has 2 aromatic rings. The molecule has 0 aliphatic rings. The number of hydroxylamine groups is 1. The third-order valence-corrected chi connectivity index (χ3v) is 5.45. The van der Waals surface area contributed by atoms with Gasteiger partial charge in [-0.15, -0.1) is 0 Å². The molecule has 0 radical (unpaired) electrons. The van der Waals surface area contributed by atoms with Crippen LogP contribution in [0.2, 0.25) is 0 Å². The van der Waals surface area contributed by atoms with Crippen molar-refractivity contribution in [1.29, 1.82) is 0 Å². The van der Waals surface area contributed by atoms with E-state index in [4.69, 9.17) is 5.21 Å². The highest BCUT2D eigenvalue weighted by Crippen LogP contribution is 2.19. The third-order valence-electron chi connectivity index (χ3n) is 3.69. The van der Waals surface area contributed by atoms with Gasteiger partial charge in [0.25, 0.3) is 5.91 Å². The minimum Gasteiger partial charge on any atom is -0.289 e. The molecular weight excluding hydrogens is 328 g/mol. The fraction of sp³-hybridized carbons (Fsp3) is 0.235. The van der Waals surface area contributed by atoms with Crippen LogP contribution in [0.3, 0.4) is 0 Å². The molecule has 0 aromatic heterocycles. The normalized spacial score (nSPS) is 11.5. The number of carbonyl (C=O) groups is 1. The predicted octanol–water partition coefficient (Wildman–Crippen LogP) is 1.66. The fourth-order valence-corrected chi connectivity index (χ4v) is 3.21. The third kappa shape index (κ3) is 4.89. The fourth-order valence-electron chi connectivity index (χ4n) is 2.23. The van der Waals surface area contributed by atoms with Crippen LogP contribution in [0.1, 0.15) is 5.56 Å². The Hall–Kier alpha value is -2.22. The van der Waals surface area contributed by atoms with Crippen molar-refractivity contribution in [3.63, 3.8) is 0 Å². The van der Waals surface area contributed by atoms with Gasteiger partial charge in [-0.3, -0.25) is 10.0 Å². The van der Waals surface area contributed by atoms with Gasteiger partial charge in [-0.05, 0) is 23.1 Å². The van der Waals surface area contributed by atoms with E-state index in [1.165, 1.54) is 12.5 Å². The second-order valence-corrected chi connectivity index (χ2v) is 7.50. The summed E-state index contributed by atoms with van der Waals surface area (Å²) in [4.78, 5) is 11.0. The maximum Gasteiger partial charge on any atom is 0.259 e. The van der Waals surface area contributed by atoms with Gasteiger partial charge in [-0.1, -0.05) is 54.6 Å². The first-order valence-corrected chi connectivity index (χ1v) is 9.04. The van der Waals surface area contributed by atoms with E-state index >= 15 is 0 Å². The van der Waals surface area contributed by atoms with E-state index in [0.29, 0.717) is 6.42 Å². The topological polar surface area (TPSA) is 86.7 Å². The number of hydrogen-bond donors (Lipinski definition) is 2. The van der Waals surface area contributed by atoms with Crippen LogP contribution in [0.4, 0.5) is 0 Å². The minimum atomic E-state index is -3.73. The lowest BCUT2D eigenvalue weighted by Crippen LogP contribution is -2.37. The standard InChI is InChI=1S/C17H20N2O4S/c1-19(24(22,23)13-17(20)18-21)12-11-14-7-9-16(10-8-14)15-5-3-2-4-6-15/h2-10,21H,11-13H2,1H3,(H,18,20). The summed E-state index contributed by atoms with van der Waals surface area (Å²) in [5.74, 6) is -1.72. The molecule has 7 heteroatoms.